The van der Waals surface area contributed by atoms with E-state index in [0.29, 0.717) is 30.8 Å². The Hall–Kier alpha value is -3.40. The lowest BCUT2D eigenvalue weighted by molar-refractivity contribution is -0.135. The Morgan fingerprint density at radius 1 is 0.931 bits per heavy atom. The van der Waals surface area contributed by atoms with Gasteiger partial charge in [-0.05, 0) is 41.3 Å². The summed E-state index contributed by atoms with van der Waals surface area (Å²) in [4.78, 5) is 28.2. The number of hydrogen-bond donors (Lipinski definition) is 0. The van der Waals surface area contributed by atoms with Crippen LogP contribution in [-0.4, -0.2) is 23.7 Å². The van der Waals surface area contributed by atoms with Crippen molar-refractivity contribution in [3.05, 3.63) is 101 Å². The van der Waals surface area contributed by atoms with Crippen LogP contribution in [-0.2, 0) is 24.3 Å². The maximum absolute atomic E-state index is 13.5. The number of nitrogens with zero attached hydrogens (tertiary/aromatic N) is 1. The van der Waals surface area contributed by atoms with Crippen molar-refractivity contribution in [2.75, 3.05) is 7.11 Å². The van der Waals surface area contributed by atoms with Gasteiger partial charge in [-0.2, -0.15) is 0 Å². The van der Waals surface area contributed by atoms with Gasteiger partial charge in [-0.25, -0.2) is 0 Å². The largest absolute Gasteiger partial charge is 0.497 e. The van der Waals surface area contributed by atoms with E-state index in [9.17, 15) is 9.59 Å². The molecule has 0 radical (unpaired) electrons. The number of ether oxygens (including phenoxy) is 1. The molecule has 1 aliphatic rings. The van der Waals surface area contributed by atoms with E-state index in [1.54, 1.807) is 24.1 Å². The monoisotopic (exact) mass is 385 g/mol. The van der Waals surface area contributed by atoms with E-state index in [2.05, 4.69) is 0 Å². The van der Waals surface area contributed by atoms with Crippen LogP contribution in [0.2, 0.25) is 0 Å². The van der Waals surface area contributed by atoms with Crippen molar-refractivity contribution < 1.29 is 14.3 Å². The number of benzene rings is 3. The Kier molecular flexibility index (Phi) is 5.43. The van der Waals surface area contributed by atoms with Gasteiger partial charge in [-0.3, -0.25) is 9.59 Å². The quantitative estimate of drug-likeness (QED) is 0.595. The molecule has 1 atom stereocenters. The Labute approximate surface area is 170 Å². The summed E-state index contributed by atoms with van der Waals surface area (Å²) in [6, 6.07) is 25.2. The molecule has 4 nitrogen and oxygen atoms in total. The number of Topliss-reactive ketones (excluding diaryl/α,β-unsaturated/α-hetero) is 1. The lowest BCUT2D eigenvalue weighted by Crippen LogP contribution is -2.37. The van der Waals surface area contributed by atoms with Crippen LogP contribution < -0.4 is 4.74 Å². The summed E-state index contributed by atoms with van der Waals surface area (Å²) in [7, 11) is 1.60. The molecule has 1 unspecified atom stereocenters. The van der Waals surface area contributed by atoms with Gasteiger partial charge >= 0.3 is 0 Å². The first-order chi connectivity index (χ1) is 14.2. The molecule has 4 rings (SSSR count). The molecule has 1 aliphatic carbocycles. The predicted molar refractivity (Wildman–Crippen MR) is 112 cm³/mol. The molecule has 0 saturated carbocycles. The minimum absolute atomic E-state index is 0.0984. The van der Waals surface area contributed by atoms with Crippen LogP contribution in [0.4, 0.5) is 0 Å². The summed E-state index contributed by atoms with van der Waals surface area (Å²) < 4.78 is 5.27. The van der Waals surface area contributed by atoms with Gasteiger partial charge in [0.1, 0.15) is 11.7 Å². The Balaban J connectivity index is 1.60. The standard InChI is InChI=1S/C25H23NO3/c1-29-21-12-13-22-20(14-21)15-23(24(22)27)25(28)26(16-18-8-4-2-5-9-18)17-19-10-6-3-7-11-19/h2-14,23H,15-17H2,1H3. The van der Waals surface area contributed by atoms with Gasteiger partial charge in [0.2, 0.25) is 5.91 Å². The molecule has 0 aliphatic heterocycles. The van der Waals surface area contributed by atoms with Gasteiger partial charge in [0.05, 0.1) is 7.11 Å². The van der Waals surface area contributed by atoms with Gasteiger partial charge in [-0.1, -0.05) is 60.7 Å². The van der Waals surface area contributed by atoms with Crippen LogP contribution in [0.5, 0.6) is 5.75 Å². The number of methoxy groups -OCH3 is 1. The molecule has 0 spiro atoms. The molecule has 29 heavy (non-hydrogen) atoms. The van der Waals surface area contributed by atoms with Crippen LogP contribution in [0.25, 0.3) is 0 Å². The van der Waals surface area contributed by atoms with E-state index in [-0.39, 0.29) is 11.7 Å². The average molecular weight is 385 g/mol. The Morgan fingerprint density at radius 3 is 2.07 bits per heavy atom. The first-order valence-corrected chi connectivity index (χ1v) is 9.73. The molecular weight excluding hydrogens is 362 g/mol. The van der Waals surface area contributed by atoms with Crippen LogP contribution in [0.1, 0.15) is 27.0 Å². The molecule has 0 aromatic heterocycles. The van der Waals surface area contributed by atoms with E-state index in [0.717, 1.165) is 16.7 Å². The smallest absolute Gasteiger partial charge is 0.234 e. The summed E-state index contributed by atoms with van der Waals surface area (Å²) in [6.45, 7) is 0.941. The fraction of sp³-hybridized carbons (Fsp3) is 0.200. The highest BCUT2D eigenvalue weighted by molar-refractivity contribution is 6.13. The summed E-state index contributed by atoms with van der Waals surface area (Å²) >= 11 is 0. The molecule has 146 valence electrons. The predicted octanol–water partition coefficient (Wildman–Crippen LogP) is 4.28. The highest BCUT2D eigenvalue weighted by Gasteiger charge is 2.38. The van der Waals surface area contributed by atoms with Crippen molar-refractivity contribution in [2.24, 2.45) is 5.92 Å². The lowest BCUT2D eigenvalue weighted by atomic mass is 10.0. The molecular formula is C25H23NO3. The molecule has 0 bridgehead atoms. The minimum Gasteiger partial charge on any atom is -0.497 e. The SMILES string of the molecule is COc1ccc2c(c1)CC(C(=O)N(Cc1ccccc1)Cc1ccccc1)C2=O. The van der Waals surface area contributed by atoms with Gasteiger partial charge in [-0.15, -0.1) is 0 Å². The van der Waals surface area contributed by atoms with Crippen LogP contribution in [0, 0.1) is 5.92 Å². The summed E-state index contributed by atoms with van der Waals surface area (Å²) in [5.41, 5.74) is 3.60. The Morgan fingerprint density at radius 2 is 1.52 bits per heavy atom. The van der Waals surface area contributed by atoms with E-state index >= 15 is 0 Å². The molecule has 0 heterocycles. The maximum Gasteiger partial charge on any atom is 0.234 e. The van der Waals surface area contributed by atoms with E-state index < -0.39 is 5.92 Å². The van der Waals surface area contributed by atoms with Crippen LogP contribution in [0.3, 0.4) is 0 Å². The second-order valence-corrected chi connectivity index (χ2v) is 7.31. The highest BCUT2D eigenvalue weighted by Crippen LogP contribution is 2.31. The maximum atomic E-state index is 13.5. The average Bonchev–Trinajstić information content (AvgIpc) is 3.10. The Bertz CT molecular complexity index is 973. The van der Waals surface area contributed by atoms with Gasteiger partial charge in [0.15, 0.2) is 5.78 Å². The number of hydrogen-bond acceptors (Lipinski definition) is 3. The number of carbonyl (C=O) groups is 2. The third kappa shape index (κ3) is 4.06. The summed E-state index contributed by atoms with van der Waals surface area (Å²) in [5.74, 6) is -0.198. The molecule has 1 amide bonds. The van der Waals surface area contributed by atoms with E-state index in [1.807, 2.05) is 66.7 Å². The fourth-order valence-electron chi connectivity index (χ4n) is 3.85. The second kappa shape index (κ2) is 8.31. The number of rotatable bonds is 6. The van der Waals surface area contributed by atoms with Crippen LogP contribution in [0.15, 0.2) is 78.9 Å². The van der Waals surface area contributed by atoms with Crippen molar-refractivity contribution in [3.8, 4) is 5.75 Å². The zero-order valence-electron chi connectivity index (χ0n) is 16.4. The third-order valence-corrected chi connectivity index (χ3v) is 5.36. The van der Waals surface area contributed by atoms with Crippen molar-refractivity contribution in [3.63, 3.8) is 0 Å². The fourth-order valence-corrected chi connectivity index (χ4v) is 3.85. The molecule has 0 fully saturated rings. The molecule has 3 aromatic rings. The summed E-state index contributed by atoms with van der Waals surface area (Å²) in [6.07, 6.45) is 0.421. The molecule has 3 aromatic carbocycles. The van der Waals surface area contributed by atoms with Gasteiger partial charge in [0, 0.05) is 18.7 Å². The van der Waals surface area contributed by atoms with Crippen molar-refractivity contribution in [2.45, 2.75) is 19.5 Å². The zero-order valence-corrected chi connectivity index (χ0v) is 16.4. The summed E-state index contributed by atoms with van der Waals surface area (Å²) in [5, 5.41) is 0. The zero-order chi connectivity index (χ0) is 20.2. The van der Waals surface area contributed by atoms with Crippen LogP contribution >= 0.6 is 0 Å². The molecule has 0 saturated heterocycles. The van der Waals surface area contributed by atoms with E-state index in [4.69, 9.17) is 4.74 Å². The van der Waals surface area contributed by atoms with Crippen molar-refractivity contribution in [1.82, 2.24) is 4.90 Å². The van der Waals surface area contributed by atoms with E-state index in [1.165, 1.54) is 0 Å². The topological polar surface area (TPSA) is 46.6 Å². The van der Waals surface area contributed by atoms with Crippen molar-refractivity contribution in [1.29, 1.82) is 0 Å². The lowest BCUT2D eigenvalue weighted by Gasteiger charge is -2.25. The number of ketones is 1. The number of carbonyl (C=O) groups excluding carboxylic acids is 2. The molecule has 0 N–H and O–H groups in total. The number of fused-ring (bicyclic) bond motifs is 1. The normalized spacial score (nSPS) is 15.1. The van der Waals surface area contributed by atoms with Gasteiger partial charge in [0.25, 0.3) is 0 Å². The minimum atomic E-state index is -0.676. The first-order valence-electron chi connectivity index (χ1n) is 9.73. The third-order valence-electron chi connectivity index (χ3n) is 5.36. The molecule has 4 heteroatoms. The van der Waals surface area contributed by atoms with Crippen molar-refractivity contribution >= 4 is 11.7 Å². The number of amides is 1. The second-order valence-electron chi connectivity index (χ2n) is 7.31. The highest BCUT2D eigenvalue weighted by atomic mass is 16.5. The first kappa shape index (κ1) is 18.9. The van der Waals surface area contributed by atoms with Gasteiger partial charge < -0.3 is 9.64 Å².